The van der Waals surface area contributed by atoms with Gasteiger partial charge in [-0.15, -0.1) is 11.6 Å². The Morgan fingerprint density at radius 3 is 2.84 bits per heavy atom. The molecule has 0 bridgehead atoms. The first-order valence-corrected chi connectivity index (χ1v) is 7.09. The summed E-state index contributed by atoms with van der Waals surface area (Å²) in [5.74, 6) is 2.85. The van der Waals surface area contributed by atoms with Crippen molar-refractivity contribution in [1.29, 1.82) is 0 Å². The zero-order chi connectivity index (χ0) is 13.4. The number of rotatable bonds is 4. The first kappa shape index (κ1) is 12.7. The number of ether oxygens (including phenoxy) is 1. The van der Waals surface area contributed by atoms with Crippen LogP contribution < -0.4 is 4.74 Å². The molecule has 0 aliphatic heterocycles. The molecule has 0 N–H and O–H groups in total. The summed E-state index contributed by atoms with van der Waals surface area (Å²) in [6.45, 7) is 2.27. The Hall–Kier alpha value is -1.36. The average Bonchev–Trinajstić information content (AvgIpc) is 2.73. The highest BCUT2D eigenvalue weighted by Gasteiger charge is 2.31. The summed E-state index contributed by atoms with van der Waals surface area (Å²) in [6.07, 6.45) is 4.62. The summed E-state index contributed by atoms with van der Waals surface area (Å²) in [7, 11) is 1.60. The molecule has 5 nitrogen and oxygen atoms in total. The third kappa shape index (κ3) is 2.06. The maximum Gasteiger partial charge on any atom is 0.245 e. The van der Waals surface area contributed by atoms with Gasteiger partial charge in [-0.2, -0.15) is 4.98 Å². The van der Waals surface area contributed by atoms with E-state index in [0.29, 0.717) is 17.8 Å². The first-order valence-electron chi connectivity index (χ1n) is 6.56. The van der Waals surface area contributed by atoms with Crippen LogP contribution in [0.25, 0.3) is 11.2 Å². The van der Waals surface area contributed by atoms with Crippen LogP contribution in [0.4, 0.5) is 0 Å². The number of methoxy groups -OCH3 is 1. The van der Waals surface area contributed by atoms with E-state index in [-0.39, 0.29) is 0 Å². The van der Waals surface area contributed by atoms with Gasteiger partial charge in [-0.25, -0.2) is 9.97 Å². The van der Waals surface area contributed by atoms with Crippen LogP contribution in [0.1, 0.15) is 31.6 Å². The molecule has 2 heterocycles. The second-order valence-corrected chi connectivity index (χ2v) is 5.50. The molecule has 102 valence electrons. The molecule has 1 aliphatic carbocycles. The smallest absolute Gasteiger partial charge is 0.245 e. The number of imidazole rings is 1. The molecule has 1 fully saturated rings. The third-order valence-corrected chi connectivity index (χ3v) is 3.93. The normalized spacial score (nSPS) is 22.5. The molecule has 0 saturated heterocycles. The number of hydrogen-bond acceptors (Lipinski definition) is 4. The van der Waals surface area contributed by atoms with Gasteiger partial charge in [-0.05, 0) is 18.8 Å². The first-order chi connectivity index (χ1) is 9.24. The molecule has 3 rings (SSSR count). The number of hydrogen-bond donors (Lipinski definition) is 0. The fourth-order valence-electron chi connectivity index (χ4n) is 2.80. The fraction of sp³-hybridized carbons (Fsp3) is 0.615. The number of halogens is 1. The molecular formula is C13H17ClN4O. The van der Waals surface area contributed by atoms with Crippen LogP contribution in [-0.2, 0) is 6.42 Å². The predicted molar refractivity (Wildman–Crippen MR) is 73.7 cm³/mol. The Morgan fingerprint density at radius 1 is 1.42 bits per heavy atom. The molecule has 0 radical (unpaired) electrons. The van der Waals surface area contributed by atoms with E-state index in [1.165, 1.54) is 19.2 Å². The van der Waals surface area contributed by atoms with Gasteiger partial charge < -0.3 is 9.30 Å². The van der Waals surface area contributed by atoms with E-state index in [9.17, 15) is 0 Å². The maximum absolute atomic E-state index is 5.88. The summed E-state index contributed by atoms with van der Waals surface area (Å²) >= 11 is 5.88. The molecule has 0 spiro atoms. The van der Waals surface area contributed by atoms with Gasteiger partial charge >= 0.3 is 0 Å². The molecule has 2 aromatic heterocycles. The molecule has 1 saturated carbocycles. The highest BCUT2D eigenvalue weighted by atomic mass is 35.5. The lowest BCUT2D eigenvalue weighted by atomic mass is 9.81. The zero-order valence-corrected chi connectivity index (χ0v) is 11.9. The van der Waals surface area contributed by atoms with Gasteiger partial charge in [0.05, 0.1) is 7.11 Å². The van der Waals surface area contributed by atoms with Gasteiger partial charge in [0.15, 0.2) is 11.2 Å². The van der Waals surface area contributed by atoms with E-state index in [1.54, 1.807) is 7.11 Å². The van der Waals surface area contributed by atoms with Crippen molar-refractivity contribution in [2.45, 2.75) is 32.2 Å². The summed E-state index contributed by atoms with van der Waals surface area (Å²) in [5, 5.41) is 0. The second kappa shape index (κ2) is 4.96. The van der Waals surface area contributed by atoms with Crippen molar-refractivity contribution in [3.8, 4) is 5.88 Å². The highest BCUT2D eigenvalue weighted by molar-refractivity contribution is 6.17. The Labute approximate surface area is 117 Å². The van der Waals surface area contributed by atoms with Gasteiger partial charge in [-0.3, -0.25) is 0 Å². The van der Waals surface area contributed by atoms with Crippen LogP contribution in [0, 0.1) is 5.92 Å². The number of aryl methyl sites for hydroxylation is 1. The summed E-state index contributed by atoms with van der Waals surface area (Å²) < 4.78 is 7.49. The van der Waals surface area contributed by atoms with Crippen LogP contribution in [0.3, 0.4) is 0 Å². The predicted octanol–water partition coefficient (Wildman–Crippen LogP) is 2.59. The van der Waals surface area contributed by atoms with E-state index in [1.807, 2.05) is 0 Å². The van der Waals surface area contributed by atoms with E-state index in [4.69, 9.17) is 16.3 Å². The van der Waals surface area contributed by atoms with E-state index < -0.39 is 0 Å². The highest BCUT2D eigenvalue weighted by Crippen LogP contribution is 2.40. The summed E-state index contributed by atoms with van der Waals surface area (Å²) in [4.78, 5) is 13.1. The molecule has 2 aromatic rings. The van der Waals surface area contributed by atoms with E-state index >= 15 is 0 Å². The minimum Gasteiger partial charge on any atom is -0.479 e. The largest absolute Gasteiger partial charge is 0.479 e. The van der Waals surface area contributed by atoms with Crippen molar-refractivity contribution >= 4 is 22.8 Å². The molecular weight excluding hydrogens is 264 g/mol. The van der Waals surface area contributed by atoms with Gasteiger partial charge in [0.1, 0.15) is 12.2 Å². The zero-order valence-electron chi connectivity index (χ0n) is 11.1. The van der Waals surface area contributed by atoms with Crippen LogP contribution in [0.2, 0.25) is 0 Å². The molecule has 6 heteroatoms. The molecule has 0 amide bonds. The van der Waals surface area contributed by atoms with E-state index in [2.05, 4.69) is 26.4 Å². The van der Waals surface area contributed by atoms with Crippen molar-refractivity contribution in [3.05, 3.63) is 12.2 Å². The molecule has 0 atom stereocenters. The molecule has 0 unspecified atom stereocenters. The van der Waals surface area contributed by atoms with Gasteiger partial charge in [0.25, 0.3) is 0 Å². The molecule has 1 aliphatic rings. The Morgan fingerprint density at radius 2 is 2.21 bits per heavy atom. The molecule has 19 heavy (non-hydrogen) atoms. The van der Waals surface area contributed by atoms with Crippen LogP contribution >= 0.6 is 11.6 Å². The van der Waals surface area contributed by atoms with Crippen molar-refractivity contribution < 1.29 is 4.74 Å². The van der Waals surface area contributed by atoms with Crippen molar-refractivity contribution in [2.24, 2.45) is 5.92 Å². The second-order valence-electron chi connectivity index (χ2n) is 5.12. The van der Waals surface area contributed by atoms with Crippen LogP contribution in [0.15, 0.2) is 6.33 Å². The third-order valence-electron chi connectivity index (χ3n) is 3.74. The summed E-state index contributed by atoms with van der Waals surface area (Å²) in [6, 6.07) is 0.484. The monoisotopic (exact) mass is 280 g/mol. The minimum absolute atomic E-state index is 0.484. The standard InChI is InChI=1S/C13H17ClN4O/c1-8-5-9(6-8)18-10(3-4-14)17-11-12(18)15-7-16-13(11)19-2/h7-9H,3-6H2,1-2H3. The van der Waals surface area contributed by atoms with Gasteiger partial charge in [0.2, 0.25) is 5.88 Å². The van der Waals surface area contributed by atoms with Crippen molar-refractivity contribution in [1.82, 2.24) is 19.5 Å². The maximum atomic E-state index is 5.88. The number of fused-ring (bicyclic) bond motifs is 1. The Bertz CT molecular complexity index is 592. The lowest BCUT2D eigenvalue weighted by molar-refractivity contribution is 0.216. The van der Waals surface area contributed by atoms with Crippen molar-refractivity contribution in [2.75, 3.05) is 13.0 Å². The van der Waals surface area contributed by atoms with Gasteiger partial charge in [0, 0.05) is 18.3 Å². The van der Waals surface area contributed by atoms with Crippen LogP contribution in [0.5, 0.6) is 5.88 Å². The van der Waals surface area contributed by atoms with E-state index in [0.717, 1.165) is 29.3 Å². The minimum atomic E-state index is 0.484. The fourth-order valence-corrected chi connectivity index (χ4v) is 2.97. The Kier molecular flexibility index (Phi) is 3.31. The summed E-state index contributed by atoms with van der Waals surface area (Å²) in [5.41, 5.74) is 1.61. The van der Waals surface area contributed by atoms with Crippen molar-refractivity contribution in [3.63, 3.8) is 0 Å². The van der Waals surface area contributed by atoms with Crippen LogP contribution in [-0.4, -0.2) is 32.5 Å². The lowest BCUT2D eigenvalue weighted by Gasteiger charge is -2.34. The lowest BCUT2D eigenvalue weighted by Crippen LogP contribution is -2.26. The SMILES string of the molecule is COc1ncnc2c1nc(CCCl)n2C1CC(C)C1. The topological polar surface area (TPSA) is 52.8 Å². The Balaban J connectivity index is 2.13. The number of nitrogens with zero attached hydrogens (tertiary/aromatic N) is 4. The average molecular weight is 281 g/mol. The molecule has 0 aromatic carbocycles. The number of alkyl halides is 1. The quantitative estimate of drug-likeness (QED) is 0.808. The number of aromatic nitrogens is 4. The van der Waals surface area contributed by atoms with Gasteiger partial charge in [-0.1, -0.05) is 6.92 Å².